The molecule has 10 nitrogen and oxygen atoms in total. The molecule has 3 amide bonds. The number of carbonyl (C=O) groups is 3. The van der Waals surface area contributed by atoms with Crippen molar-refractivity contribution in [3.05, 3.63) is 0 Å². The van der Waals surface area contributed by atoms with Crippen molar-refractivity contribution < 1.29 is 28.6 Å². The zero-order chi connectivity index (χ0) is 18.9. The third kappa shape index (κ3) is 14.3. The van der Waals surface area contributed by atoms with Crippen LogP contribution in [0.4, 0.5) is 9.59 Å². The molecule has 0 aliphatic heterocycles. The van der Waals surface area contributed by atoms with Gasteiger partial charge in [0.2, 0.25) is 0 Å². The van der Waals surface area contributed by atoms with Crippen molar-refractivity contribution in [2.24, 2.45) is 4.67 Å². The number of nitrogens with one attached hydrogen (secondary N) is 3. The van der Waals surface area contributed by atoms with E-state index in [9.17, 15) is 14.4 Å². The number of hydrogen-bond donors (Lipinski definition) is 3. The first-order valence-corrected chi connectivity index (χ1v) is 8.49. The first-order valence-electron chi connectivity index (χ1n) is 7.97. The molecule has 1 atom stereocenters. The normalized spacial score (nSPS) is 10.2. The van der Waals surface area contributed by atoms with Gasteiger partial charge in [0.15, 0.2) is 0 Å². The second kappa shape index (κ2) is 15.8. The zero-order valence-corrected chi connectivity index (χ0v) is 15.7. The summed E-state index contributed by atoms with van der Waals surface area (Å²) < 4.78 is 19.1. The van der Waals surface area contributed by atoms with E-state index in [0.29, 0.717) is 19.5 Å². The average Bonchev–Trinajstić information content (AvgIpc) is 2.58. The Morgan fingerprint density at radius 3 is 2.12 bits per heavy atom. The molecular weight excluding hydrogens is 350 g/mol. The van der Waals surface area contributed by atoms with Crippen LogP contribution in [0.25, 0.3) is 0 Å². The van der Waals surface area contributed by atoms with Crippen LogP contribution < -0.4 is 15.9 Å². The molecule has 0 rings (SSSR count). The molecule has 0 saturated carbocycles. The quantitative estimate of drug-likeness (QED) is 0.256. The third-order valence-corrected chi connectivity index (χ3v) is 2.79. The monoisotopic (exact) mass is 376 g/mol. The predicted octanol–water partition coefficient (Wildman–Crippen LogP) is 0.353. The molecule has 0 aromatic carbocycles. The van der Waals surface area contributed by atoms with E-state index in [0.717, 1.165) is 0 Å². The Bertz CT molecular complexity index is 419. The molecule has 0 fully saturated rings. The Balaban J connectivity index is 4.20. The molecule has 0 bridgehead atoms. The van der Waals surface area contributed by atoms with Crippen LogP contribution in [0.15, 0.2) is 4.67 Å². The number of ether oxygens (including phenoxy) is 3. The SMILES string of the molecule is CCNC(=O)OCC(COC(=O)NCC)OCCCC(=O)NB=NP. The number of nitrogens with zero attached hydrogens (tertiary/aromatic N) is 1. The Morgan fingerprint density at radius 1 is 1.08 bits per heavy atom. The van der Waals surface area contributed by atoms with Crippen molar-refractivity contribution in [3.63, 3.8) is 0 Å². The maximum atomic E-state index is 11.4. The fourth-order valence-electron chi connectivity index (χ4n) is 1.54. The summed E-state index contributed by atoms with van der Waals surface area (Å²) in [5.74, 6) is -0.191. The predicted molar refractivity (Wildman–Crippen MR) is 95.1 cm³/mol. The number of alkyl carbamates (subject to hydrolysis) is 2. The van der Waals surface area contributed by atoms with Crippen molar-refractivity contribution >= 4 is 34.7 Å². The molecule has 0 aromatic heterocycles. The Labute approximate surface area is 150 Å². The minimum atomic E-state index is -0.623. The van der Waals surface area contributed by atoms with Gasteiger partial charge in [0.05, 0.1) is 0 Å². The Hall–Kier alpha value is -1.74. The molecule has 0 spiro atoms. The summed E-state index contributed by atoms with van der Waals surface area (Å²) in [5.41, 5.74) is 0. The molecule has 0 aliphatic carbocycles. The van der Waals surface area contributed by atoms with E-state index in [2.05, 4.69) is 29.9 Å². The number of carbonyl (C=O) groups excluding carboxylic acids is 3. The van der Waals surface area contributed by atoms with Crippen LogP contribution in [0, 0.1) is 0 Å². The molecule has 0 aliphatic rings. The number of rotatable bonds is 12. The van der Waals surface area contributed by atoms with Gasteiger partial charge < -0.3 is 0 Å². The minimum absolute atomic E-state index is 0.0723. The summed E-state index contributed by atoms with van der Waals surface area (Å²) in [7, 11) is 3.38. The molecule has 0 saturated heterocycles. The summed E-state index contributed by atoms with van der Waals surface area (Å²) in [4.78, 5) is 34.1. The van der Waals surface area contributed by atoms with Crippen LogP contribution in [0.5, 0.6) is 0 Å². The topological polar surface area (TPSA) is 127 Å². The van der Waals surface area contributed by atoms with E-state index < -0.39 is 18.3 Å². The summed E-state index contributed by atoms with van der Waals surface area (Å²) >= 11 is 0. The molecule has 12 heteroatoms. The van der Waals surface area contributed by atoms with Gasteiger partial charge >= 0.3 is 136 Å². The first-order chi connectivity index (χ1) is 12.0. The van der Waals surface area contributed by atoms with Crippen LogP contribution in [-0.2, 0) is 19.0 Å². The van der Waals surface area contributed by atoms with E-state index >= 15 is 0 Å². The van der Waals surface area contributed by atoms with Gasteiger partial charge in [-0.3, -0.25) is 0 Å². The van der Waals surface area contributed by atoms with Crippen LogP contribution in [0.2, 0.25) is 0 Å². The molecule has 0 radical (unpaired) electrons. The second-order valence-electron chi connectivity index (χ2n) is 4.70. The fraction of sp³-hybridized carbons (Fsp3) is 0.769. The van der Waals surface area contributed by atoms with Crippen LogP contribution in [0.1, 0.15) is 26.7 Å². The van der Waals surface area contributed by atoms with E-state index in [1.54, 1.807) is 13.8 Å². The van der Waals surface area contributed by atoms with Crippen molar-refractivity contribution in [2.45, 2.75) is 32.8 Å². The van der Waals surface area contributed by atoms with Crippen LogP contribution >= 0.6 is 9.39 Å². The maximum absolute atomic E-state index is 11.4. The Morgan fingerprint density at radius 2 is 1.64 bits per heavy atom. The molecule has 142 valence electrons. The van der Waals surface area contributed by atoms with Crippen molar-refractivity contribution in [3.8, 4) is 0 Å². The fourth-order valence-corrected chi connectivity index (χ4v) is 1.61. The van der Waals surface area contributed by atoms with Crippen LogP contribution in [-0.4, -0.2) is 64.3 Å². The molecule has 3 N–H and O–H groups in total. The second-order valence-corrected chi connectivity index (χ2v) is 5.00. The van der Waals surface area contributed by atoms with E-state index in [1.807, 2.05) is 0 Å². The zero-order valence-electron chi connectivity index (χ0n) is 14.6. The van der Waals surface area contributed by atoms with Gasteiger partial charge in [0, 0.05) is 0 Å². The van der Waals surface area contributed by atoms with Crippen LogP contribution in [0.3, 0.4) is 0 Å². The van der Waals surface area contributed by atoms with E-state index in [4.69, 9.17) is 14.2 Å². The van der Waals surface area contributed by atoms with Gasteiger partial charge in [-0.15, -0.1) is 0 Å². The molecule has 25 heavy (non-hydrogen) atoms. The van der Waals surface area contributed by atoms with E-state index in [-0.39, 0.29) is 32.1 Å². The number of hydrogen-bond acceptors (Lipinski definition) is 7. The molecule has 0 aromatic rings. The van der Waals surface area contributed by atoms with Gasteiger partial charge in [0.25, 0.3) is 0 Å². The van der Waals surface area contributed by atoms with Crippen molar-refractivity contribution in [1.29, 1.82) is 0 Å². The van der Waals surface area contributed by atoms with Gasteiger partial charge in [-0.25, -0.2) is 0 Å². The third-order valence-electron chi connectivity index (χ3n) is 2.64. The van der Waals surface area contributed by atoms with E-state index in [1.165, 1.54) is 7.21 Å². The standard InChI is InChI=1S/C13H26BN4O6P/c1-3-15-12(20)23-8-10(9-24-13(21)16-4-2)22-7-5-6-11(19)17-14-18-25/h10H,3-9,25H2,1-2H3,(H,15,20)(H,16,21)(H,17,19). The van der Waals surface area contributed by atoms with Crippen molar-refractivity contribution in [1.82, 2.24) is 15.9 Å². The summed E-state index contributed by atoms with van der Waals surface area (Å²) in [6.45, 7) is 4.51. The van der Waals surface area contributed by atoms with Gasteiger partial charge in [0.1, 0.15) is 0 Å². The summed E-state index contributed by atoms with van der Waals surface area (Å²) in [6.07, 6.45) is -1.08. The number of amides is 3. The molecule has 0 heterocycles. The summed E-state index contributed by atoms with van der Waals surface area (Å²) in [5, 5.41) is 7.43. The first kappa shape index (κ1) is 23.3. The van der Waals surface area contributed by atoms with Gasteiger partial charge in [-0.1, -0.05) is 0 Å². The van der Waals surface area contributed by atoms with Crippen molar-refractivity contribution in [2.75, 3.05) is 32.9 Å². The molecule has 1 unspecified atom stereocenters. The Kier molecular flexibility index (Phi) is 14.7. The summed E-state index contributed by atoms with van der Waals surface area (Å²) in [6, 6.07) is 0. The average molecular weight is 376 g/mol. The molecular formula is C13H26BN4O6P. The van der Waals surface area contributed by atoms with Gasteiger partial charge in [-0.2, -0.15) is 0 Å². The van der Waals surface area contributed by atoms with Gasteiger partial charge in [-0.05, 0) is 13.8 Å².